The molecule has 2 nitrogen and oxygen atoms in total. The molecule has 0 aliphatic carbocycles. The first kappa shape index (κ1) is 12.9. The SMILES string of the molecule is Brc1cccc(I)c1CNNc1ccccc1. The summed E-state index contributed by atoms with van der Waals surface area (Å²) in [5, 5.41) is 0. The van der Waals surface area contributed by atoms with Crippen molar-refractivity contribution in [1.82, 2.24) is 5.43 Å². The molecule has 0 radical (unpaired) electrons. The molecule has 0 aromatic heterocycles. The van der Waals surface area contributed by atoms with Gasteiger partial charge in [-0.15, -0.1) is 0 Å². The maximum Gasteiger partial charge on any atom is 0.0487 e. The first-order valence-corrected chi connectivity index (χ1v) is 7.11. The third-order valence-electron chi connectivity index (χ3n) is 2.33. The van der Waals surface area contributed by atoms with Crippen LogP contribution in [0.5, 0.6) is 0 Å². The number of hydrogen-bond donors (Lipinski definition) is 2. The molecule has 4 heteroatoms. The van der Waals surface area contributed by atoms with Crippen molar-refractivity contribution in [3.63, 3.8) is 0 Å². The van der Waals surface area contributed by atoms with E-state index in [9.17, 15) is 0 Å². The normalized spacial score (nSPS) is 10.2. The van der Waals surface area contributed by atoms with Gasteiger partial charge in [-0.25, -0.2) is 5.43 Å². The lowest BCUT2D eigenvalue weighted by atomic mass is 10.2. The quantitative estimate of drug-likeness (QED) is 0.592. The van der Waals surface area contributed by atoms with Gasteiger partial charge >= 0.3 is 0 Å². The van der Waals surface area contributed by atoms with Gasteiger partial charge in [0.05, 0.1) is 0 Å². The minimum atomic E-state index is 0.772. The Morgan fingerprint density at radius 1 is 1.00 bits per heavy atom. The van der Waals surface area contributed by atoms with Crippen LogP contribution in [0.1, 0.15) is 5.56 Å². The fourth-order valence-electron chi connectivity index (χ4n) is 1.46. The van der Waals surface area contributed by atoms with Gasteiger partial charge in [0.25, 0.3) is 0 Å². The van der Waals surface area contributed by atoms with Gasteiger partial charge in [-0.1, -0.05) is 40.2 Å². The number of halogens is 2. The van der Waals surface area contributed by atoms with Crippen LogP contribution >= 0.6 is 38.5 Å². The summed E-state index contributed by atoms with van der Waals surface area (Å²) in [5.41, 5.74) is 8.71. The fraction of sp³-hybridized carbons (Fsp3) is 0.0769. The first-order chi connectivity index (χ1) is 8.27. The van der Waals surface area contributed by atoms with Crippen LogP contribution in [0, 0.1) is 3.57 Å². The van der Waals surface area contributed by atoms with Crippen molar-refractivity contribution >= 4 is 44.2 Å². The second-order valence-corrected chi connectivity index (χ2v) is 5.56. The van der Waals surface area contributed by atoms with Gasteiger partial charge in [0, 0.05) is 20.3 Å². The lowest BCUT2D eigenvalue weighted by molar-refractivity contribution is 0.794. The topological polar surface area (TPSA) is 24.1 Å². The molecule has 0 aliphatic rings. The zero-order valence-electron chi connectivity index (χ0n) is 9.08. The largest absolute Gasteiger partial charge is 0.321 e. The van der Waals surface area contributed by atoms with Crippen LogP contribution in [-0.4, -0.2) is 0 Å². The highest BCUT2D eigenvalue weighted by Gasteiger charge is 2.03. The summed E-state index contributed by atoms with van der Waals surface area (Å²) in [5.74, 6) is 0. The molecule has 0 heterocycles. The van der Waals surface area contributed by atoms with E-state index in [1.807, 2.05) is 36.4 Å². The average molecular weight is 403 g/mol. The van der Waals surface area contributed by atoms with Crippen LogP contribution in [0.4, 0.5) is 5.69 Å². The summed E-state index contributed by atoms with van der Waals surface area (Å²) in [7, 11) is 0. The highest BCUT2D eigenvalue weighted by molar-refractivity contribution is 14.1. The molecule has 0 aliphatic heterocycles. The summed E-state index contributed by atoms with van der Waals surface area (Å²) in [6.45, 7) is 0.772. The molecule has 0 bridgehead atoms. The molecule has 17 heavy (non-hydrogen) atoms. The molecule has 88 valence electrons. The highest BCUT2D eigenvalue weighted by atomic mass is 127. The van der Waals surface area contributed by atoms with E-state index >= 15 is 0 Å². The molecule has 0 atom stereocenters. The Morgan fingerprint density at radius 2 is 1.76 bits per heavy atom. The molecule has 2 N–H and O–H groups in total. The number of hydrogen-bond acceptors (Lipinski definition) is 2. The molecule has 0 saturated carbocycles. The van der Waals surface area contributed by atoms with Gasteiger partial charge < -0.3 is 5.43 Å². The summed E-state index contributed by atoms with van der Waals surface area (Å²) in [6.07, 6.45) is 0. The molecular weight excluding hydrogens is 391 g/mol. The van der Waals surface area contributed by atoms with E-state index in [4.69, 9.17) is 0 Å². The lowest BCUT2D eigenvalue weighted by Gasteiger charge is -2.11. The smallest absolute Gasteiger partial charge is 0.0487 e. The fourth-order valence-corrected chi connectivity index (χ4v) is 3.02. The van der Waals surface area contributed by atoms with E-state index in [0.29, 0.717) is 0 Å². The Morgan fingerprint density at radius 3 is 2.47 bits per heavy atom. The molecule has 0 spiro atoms. The third-order valence-corrected chi connectivity index (χ3v) is 4.09. The molecule has 0 unspecified atom stereocenters. The zero-order valence-corrected chi connectivity index (χ0v) is 12.8. The zero-order chi connectivity index (χ0) is 12.1. The van der Waals surface area contributed by atoms with Gasteiger partial charge in [0.2, 0.25) is 0 Å². The van der Waals surface area contributed by atoms with E-state index in [1.54, 1.807) is 0 Å². The van der Waals surface area contributed by atoms with Crippen LogP contribution in [-0.2, 0) is 6.54 Å². The molecule has 0 saturated heterocycles. The summed E-state index contributed by atoms with van der Waals surface area (Å²) < 4.78 is 2.38. The number of hydrazine groups is 1. The molecule has 2 rings (SSSR count). The van der Waals surface area contributed by atoms with Crippen LogP contribution in [0.15, 0.2) is 53.0 Å². The minimum Gasteiger partial charge on any atom is -0.321 e. The van der Waals surface area contributed by atoms with Crippen molar-refractivity contribution < 1.29 is 0 Å². The predicted octanol–water partition coefficient (Wildman–Crippen LogP) is 4.17. The monoisotopic (exact) mass is 402 g/mol. The van der Waals surface area contributed by atoms with Crippen LogP contribution < -0.4 is 10.9 Å². The molecule has 0 amide bonds. The van der Waals surface area contributed by atoms with Crippen LogP contribution in [0.25, 0.3) is 0 Å². The second-order valence-electron chi connectivity index (χ2n) is 3.54. The van der Waals surface area contributed by atoms with E-state index in [1.165, 1.54) is 9.13 Å². The Hall–Kier alpha value is -0.590. The van der Waals surface area contributed by atoms with Crippen LogP contribution in [0.2, 0.25) is 0 Å². The second kappa shape index (κ2) is 6.37. The maximum atomic E-state index is 3.56. The maximum absolute atomic E-state index is 3.56. The van der Waals surface area contributed by atoms with Crippen molar-refractivity contribution in [3.8, 4) is 0 Å². The van der Waals surface area contributed by atoms with Crippen molar-refractivity contribution in [2.75, 3.05) is 5.43 Å². The number of nitrogens with one attached hydrogen (secondary N) is 2. The van der Waals surface area contributed by atoms with Gasteiger partial charge in [0.1, 0.15) is 0 Å². The average Bonchev–Trinajstić information content (AvgIpc) is 2.34. The van der Waals surface area contributed by atoms with Gasteiger partial charge in [-0.2, -0.15) is 0 Å². The Balaban J connectivity index is 1.95. The van der Waals surface area contributed by atoms with Gasteiger partial charge in [0.15, 0.2) is 0 Å². The number of para-hydroxylation sites is 1. The summed E-state index contributed by atoms with van der Waals surface area (Å²) >= 11 is 5.90. The summed E-state index contributed by atoms with van der Waals surface area (Å²) in [6, 6.07) is 16.3. The predicted molar refractivity (Wildman–Crippen MR) is 83.8 cm³/mol. The Labute approximate surface area is 123 Å². The Kier molecular flexibility index (Phi) is 4.82. The molecule has 2 aromatic rings. The van der Waals surface area contributed by atoms with Crippen molar-refractivity contribution in [2.24, 2.45) is 0 Å². The number of anilines is 1. The third kappa shape index (κ3) is 3.69. The van der Waals surface area contributed by atoms with E-state index in [-0.39, 0.29) is 0 Å². The molecule has 0 fully saturated rings. The van der Waals surface area contributed by atoms with E-state index in [0.717, 1.165) is 16.7 Å². The molecule has 2 aromatic carbocycles. The highest BCUT2D eigenvalue weighted by Crippen LogP contribution is 2.21. The first-order valence-electron chi connectivity index (χ1n) is 5.24. The van der Waals surface area contributed by atoms with Gasteiger partial charge in [-0.3, -0.25) is 0 Å². The standard InChI is InChI=1S/C13H12BrIN2/c14-12-7-4-8-13(15)11(12)9-16-17-10-5-2-1-3-6-10/h1-8,16-17H,9H2. The number of benzene rings is 2. The van der Waals surface area contributed by atoms with Gasteiger partial charge in [-0.05, 0) is 52.4 Å². The van der Waals surface area contributed by atoms with E-state index < -0.39 is 0 Å². The number of rotatable bonds is 4. The lowest BCUT2D eigenvalue weighted by Crippen LogP contribution is -2.21. The van der Waals surface area contributed by atoms with Crippen molar-refractivity contribution in [1.29, 1.82) is 0 Å². The summed E-state index contributed by atoms with van der Waals surface area (Å²) in [4.78, 5) is 0. The minimum absolute atomic E-state index is 0.772. The van der Waals surface area contributed by atoms with Crippen molar-refractivity contribution in [2.45, 2.75) is 6.54 Å². The Bertz CT molecular complexity index is 468. The molecular formula is C13H12BrIN2. The van der Waals surface area contributed by atoms with E-state index in [2.05, 4.69) is 61.5 Å². The van der Waals surface area contributed by atoms with Crippen LogP contribution in [0.3, 0.4) is 0 Å². The van der Waals surface area contributed by atoms with Crippen molar-refractivity contribution in [3.05, 3.63) is 62.1 Å².